The summed E-state index contributed by atoms with van der Waals surface area (Å²) in [6.45, 7) is 2.74. The summed E-state index contributed by atoms with van der Waals surface area (Å²) in [4.78, 5) is 4.10. The number of nitrogens with zero attached hydrogens (tertiary/aromatic N) is 3. The monoisotopic (exact) mass is 190 g/mol. The number of para-hydroxylation sites is 1. The van der Waals surface area contributed by atoms with Crippen LogP contribution < -0.4 is 0 Å². The van der Waals surface area contributed by atoms with E-state index in [1.165, 1.54) is 0 Å². The number of hydrazine groups is 1. The van der Waals surface area contributed by atoms with Gasteiger partial charge < -0.3 is 0 Å². The summed E-state index contributed by atoms with van der Waals surface area (Å²) in [5.74, 6) is 0. The van der Waals surface area contributed by atoms with Gasteiger partial charge in [-0.1, -0.05) is 22.9 Å². The van der Waals surface area contributed by atoms with Crippen molar-refractivity contribution in [1.29, 1.82) is 0 Å². The van der Waals surface area contributed by atoms with Crippen LogP contribution >= 0.6 is 0 Å². The van der Waals surface area contributed by atoms with Gasteiger partial charge in [-0.05, 0) is 24.0 Å². The number of hydrazone groups is 1. The third-order valence-electron chi connectivity index (χ3n) is 1.72. The fourth-order valence-electron chi connectivity index (χ4n) is 1.09. The molecule has 0 amide bonds. The van der Waals surface area contributed by atoms with Crippen LogP contribution in [0.1, 0.15) is 6.92 Å². The van der Waals surface area contributed by atoms with E-state index in [9.17, 15) is 0 Å². The Morgan fingerprint density at radius 2 is 1.93 bits per heavy atom. The fraction of sp³-hybridized carbons (Fsp3) is 0.364. The second kappa shape index (κ2) is 5.20. The molecule has 1 aromatic rings. The fourth-order valence-corrected chi connectivity index (χ4v) is 1.09. The van der Waals surface area contributed by atoms with Crippen molar-refractivity contribution in [3.8, 4) is 0 Å². The Morgan fingerprint density at radius 1 is 1.29 bits per heavy atom. The summed E-state index contributed by atoms with van der Waals surface area (Å²) in [5, 5.41) is 1.94. The highest BCUT2D eigenvalue weighted by molar-refractivity contribution is 5.40. The van der Waals surface area contributed by atoms with Gasteiger partial charge in [-0.25, -0.2) is 5.01 Å². The minimum Gasteiger partial charge on any atom is -0.241 e. The number of hydrogen-bond acceptors (Lipinski definition) is 2. The van der Waals surface area contributed by atoms with Gasteiger partial charge >= 0.3 is 6.01 Å². The lowest BCUT2D eigenvalue weighted by Gasteiger charge is -2.10. The quantitative estimate of drug-likeness (QED) is 0.405. The van der Waals surface area contributed by atoms with Crippen molar-refractivity contribution in [2.45, 2.75) is 6.92 Å². The molecule has 0 bridgehead atoms. The molecule has 1 aromatic carbocycles. The van der Waals surface area contributed by atoms with Crippen LogP contribution in [0.3, 0.4) is 0 Å². The highest BCUT2D eigenvalue weighted by Gasteiger charge is 2.04. The molecule has 0 aliphatic rings. The van der Waals surface area contributed by atoms with Crippen LogP contribution in [0.5, 0.6) is 0 Å². The molecule has 0 aromatic heterocycles. The normalized spacial score (nSPS) is 9.07. The number of benzene rings is 1. The van der Waals surface area contributed by atoms with Gasteiger partial charge in [-0.15, -0.1) is 0 Å². The van der Waals surface area contributed by atoms with Crippen molar-refractivity contribution in [2.24, 2.45) is 4.99 Å². The van der Waals surface area contributed by atoms with E-state index in [1.807, 2.05) is 61.0 Å². The summed E-state index contributed by atoms with van der Waals surface area (Å²) in [5.41, 5.74) is 1.06. The third kappa shape index (κ3) is 2.71. The minimum atomic E-state index is 0.747. The van der Waals surface area contributed by atoms with E-state index in [-0.39, 0.29) is 0 Å². The van der Waals surface area contributed by atoms with Gasteiger partial charge in [0.25, 0.3) is 0 Å². The maximum Gasteiger partial charge on any atom is 0.338 e. The molecule has 0 fully saturated rings. The maximum absolute atomic E-state index is 4.10. The predicted octanol–water partition coefficient (Wildman–Crippen LogP) is 2.00. The smallest absolute Gasteiger partial charge is 0.241 e. The molecule has 0 heterocycles. The largest absolute Gasteiger partial charge is 0.338 e. The van der Waals surface area contributed by atoms with Crippen molar-refractivity contribution >= 4 is 11.7 Å². The Balaban J connectivity index is 3.08. The Hall–Kier alpha value is -1.60. The zero-order chi connectivity index (χ0) is 10.4. The SMILES string of the molecule is CCN=C=[N+](c1ccccc1)N(C)C. The molecule has 74 valence electrons. The van der Waals surface area contributed by atoms with Crippen molar-refractivity contribution in [2.75, 3.05) is 20.6 Å². The number of hydrogen-bond donors (Lipinski definition) is 0. The van der Waals surface area contributed by atoms with E-state index in [4.69, 9.17) is 0 Å². The first-order valence-corrected chi connectivity index (χ1v) is 4.70. The summed E-state index contributed by atoms with van der Waals surface area (Å²) in [6, 6.07) is 13.0. The molecule has 14 heavy (non-hydrogen) atoms. The molecule has 0 saturated carbocycles. The minimum absolute atomic E-state index is 0.747. The van der Waals surface area contributed by atoms with Crippen LogP contribution in [0.2, 0.25) is 0 Å². The van der Waals surface area contributed by atoms with E-state index in [0.717, 1.165) is 12.2 Å². The van der Waals surface area contributed by atoms with Crippen LogP contribution in [-0.4, -0.2) is 36.3 Å². The van der Waals surface area contributed by atoms with E-state index in [1.54, 1.807) is 0 Å². The second-order valence-corrected chi connectivity index (χ2v) is 3.07. The molecular weight excluding hydrogens is 174 g/mol. The Morgan fingerprint density at radius 3 is 2.43 bits per heavy atom. The maximum atomic E-state index is 4.10. The topological polar surface area (TPSA) is 18.6 Å². The Bertz CT molecular complexity index is 335. The van der Waals surface area contributed by atoms with Gasteiger partial charge in [0.15, 0.2) is 5.69 Å². The first kappa shape index (κ1) is 10.5. The highest BCUT2D eigenvalue weighted by atomic mass is 15.5. The summed E-state index contributed by atoms with van der Waals surface area (Å²) in [6.07, 6.45) is 0. The first-order chi connectivity index (χ1) is 6.75. The van der Waals surface area contributed by atoms with Crippen molar-refractivity contribution in [1.82, 2.24) is 5.01 Å². The molecule has 3 heteroatoms. The zero-order valence-electron chi connectivity index (χ0n) is 8.94. The lowest BCUT2D eigenvalue weighted by atomic mass is 10.3. The third-order valence-corrected chi connectivity index (χ3v) is 1.72. The molecule has 0 atom stereocenters. The Kier molecular flexibility index (Phi) is 3.89. The van der Waals surface area contributed by atoms with Gasteiger partial charge in [-0.2, -0.15) is 0 Å². The molecule has 0 spiro atoms. The second-order valence-electron chi connectivity index (χ2n) is 3.07. The molecular formula is C11H16N3+. The summed E-state index contributed by atoms with van der Waals surface area (Å²) >= 11 is 0. The van der Waals surface area contributed by atoms with Gasteiger partial charge in [0.05, 0.1) is 0 Å². The van der Waals surface area contributed by atoms with Gasteiger partial charge in [0.2, 0.25) is 0 Å². The van der Waals surface area contributed by atoms with Crippen LogP contribution in [-0.2, 0) is 0 Å². The van der Waals surface area contributed by atoms with E-state index in [2.05, 4.69) is 11.0 Å². The molecule has 0 radical (unpaired) electrons. The first-order valence-electron chi connectivity index (χ1n) is 4.70. The summed E-state index contributed by atoms with van der Waals surface area (Å²) < 4.78 is 1.88. The Labute approximate surface area is 85.0 Å². The zero-order valence-corrected chi connectivity index (χ0v) is 8.94. The van der Waals surface area contributed by atoms with E-state index in [0.29, 0.717) is 0 Å². The van der Waals surface area contributed by atoms with Crippen LogP contribution in [0.25, 0.3) is 0 Å². The average Bonchev–Trinajstić information content (AvgIpc) is 2.19. The molecule has 1 rings (SSSR count). The highest BCUT2D eigenvalue weighted by Crippen LogP contribution is 2.09. The molecule has 0 unspecified atom stereocenters. The van der Waals surface area contributed by atoms with Crippen molar-refractivity contribution in [3.05, 3.63) is 30.3 Å². The summed E-state index contributed by atoms with van der Waals surface area (Å²) in [7, 11) is 3.93. The van der Waals surface area contributed by atoms with Gasteiger partial charge in [0.1, 0.15) is 6.54 Å². The van der Waals surface area contributed by atoms with Crippen LogP contribution in [0.4, 0.5) is 5.69 Å². The van der Waals surface area contributed by atoms with Crippen LogP contribution in [0, 0.1) is 0 Å². The molecule has 0 N–H and O–H groups in total. The number of aliphatic imine (C=N–C) groups is 1. The average molecular weight is 190 g/mol. The molecule has 0 saturated heterocycles. The molecule has 0 aliphatic carbocycles. The lowest BCUT2D eigenvalue weighted by Crippen LogP contribution is -2.22. The lowest BCUT2D eigenvalue weighted by molar-refractivity contribution is -0.604. The van der Waals surface area contributed by atoms with E-state index < -0.39 is 0 Å². The van der Waals surface area contributed by atoms with Crippen molar-refractivity contribution < 1.29 is 4.68 Å². The van der Waals surface area contributed by atoms with Crippen molar-refractivity contribution in [3.63, 3.8) is 0 Å². The van der Waals surface area contributed by atoms with Gasteiger partial charge in [0, 0.05) is 14.1 Å². The molecule has 3 nitrogen and oxygen atoms in total. The number of rotatable bonds is 3. The van der Waals surface area contributed by atoms with E-state index >= 15 is 0 Å². The van der Waals surface area contributed by atoms with Crippen LogP contribution in [0.15, 0.2) is 35.3 Å². The molecule has 0 aliphatic heterocycles. The predicted molar refractivity (Wildman–Crippen MR) is 58.0 cm³/mol. The van der Waals surface area contributed by atoms with Gasteiger partial charge in [-0.3, -0.25) is 0 Å². The standard InChI is InChI=1S/C11H16N3/c1-4-12-10-14(13(2)3)11-8-6-5-7-9-11/h5-9H,4H2,1-3H3/q+1.